The molecule has 1 aromatic carbocycles. The highest BCUT2D eigenvalue weighted by molar-refractivity contribution is 6.30. The fraction of sp³-hybridized carbons (Fsp3) is 0.0769. The van der Waals surface area contributed by atoms with Crippen LogP contribution in [0.25, 0.3) is 5.65 Å². The number of halogens is 2. The van der Waals surface area contributed by atoms with Gasteiger partial charge in [0.25, 0.3) is 0 Å². The molecule has 0 N–H and O–H groups in total. The van der Waals surface area contributed by atoms with Crippen molar-refractivity contribution in [3.63, 3.8) is 0 Å². The fourth-order valence-corrected chi connectivity index (χ4v) is 2.24. The van der Waals surface area contributed by atoms with Crippen molar-refractivity contribution in [2.24, 2.45) is 0 Å². The Hall–Kier alpha value is -1.58. The van der Waals surface area contributed by atoms with E-state index in [1.165, 1.54) is 0 Å². The van der Waals surface area contributed by atoms with Gasteiger partial charge in [-0.05, 0) is 29.8 Å². The molecule has 2 aromatic heterocycles. The van der Waals surface area contributed by atoms with Crippen LogP contribution in [0.4, 0.5) is 0 Å². The molecule has 5 heteroatoms. The van der Waals surface area contributed by atoms with Crippen LogP contribution in [-0.2, 0) is 6.42 Å². The smallest absolute Gasteiger partial charge is 0.160 e. The molecule has 0 amide bonds. The van der Waals surface area contributed by atoms with Crippen molar-refractivity contribution in [2.75, 3.05) is 0 Å². The number of fused-ring (bicyclic) bond motifs is 1. The molecule has 0 bridgehead atoms. The van der Waals surface area contributed by atoms with Crippen LogP contribution >= 0.6 is 23.2 Å². The van der Waals surface area contributed by atoms with Crippen LogP contribution in [0.5, 0.6) is 0 Å². The van der Waals surface area contributed by atoms with Gasteiger partial charge < -0.3 is 0 Å². The predicted molar refractivity (Wildman–Crippen MR) is 72.3 cm³/mol. The fourth-order valence-electron chi connectivity index (χ4n) is 1.86. The summed E-state index contributed by atoms with van der Waals surface area (Å²) < 4.78 is 1.89. The Kier molecular flexibility index (Phi) is 2.94. The van der Waals surface area contributed by atoms with Crippen LogP contribution in [0, 0.1) is 0 Å². The number of rotatable bonds is 2. The Labute approximate surface area is 114 Å². The Bertz CT molecular complexity index is 706. The monoisotopic (exact) mass is 277 g/mol. The Morgan fingerprint density at radius 2 is 1.89 bits per heavy atom. The summed E-state index contributed by atoms with van der Waals surface area (Å²) in [6.45, 7) is 0. The van der Waals surface area contributed by atoms with E-state index in [1.807, 2.05) is 40.9 Å². The predicted octanol–water partition coefficient (Wildman–Crippen LogP) is 3.63. The lowest BCUT2D eigenvalue weighted by Crippen LogP contribution is -1.96. The standard InChI is InChI=1S/C13H9Cl2N3/c14-10-3-1-2-9(6-10)7-13-17-16-12-5-4-11(15)8-18(12)13/h1-6,8H,7H2. The van der Waals surface area contributed by atoms with Crippen LogP contribution in [0.15, 0.2) is 42.6 Å². The summed E-state index contributed by atoms with van der Waals surface area (Å²) in [5.74, 6) is 0.842. The zero-order valence-corrected chi connectivity index (χ0v) is 10.9. The maximum absolute atomic E-state index is 5.98. The molecule has 0 aliphatic carbocycles. The Balaban J connectivity index is 2.02. The minimum atomic E-state index is 0.662. The van der Waals surface area contributed by atoms with Gasteiger partial charge in [0.05, 0.1) is 5.02 Å². The molecule has 0 fully saturated rings. The third-order valence-electron chi connectivity index (χ3n) is 2.69. The minimum absolute atomic E-state index is 0.662. The van der Waals surface area contributed by atoms with Gasteiger partial charge in [-0.3, -0.25) is 4.40 Å². The number of nitrogens with zero attached hydrogens (tertiary/aromatic N) is 3. The van der Waals surface area contributed by atoms with E-state index in [0.29, 0.717) is 11.4 Å². The molecule has 0 unspecified atom stereocenters. The van der Waals surface area contributed by atoms with Gasteiger partial charge in [0, 0.05) is 17.6 Å². The highest BCUT2D eigenvalue weighted by atomic mass is 35.5. The lowest BCUT2D eigenvalue weighted by Gasteiger charge is -2.01. The van der Waals surface area contributed by atoms with Gasteiger partial charge >= 0.3 is 0 Å². The summed E-state index contributed by atoms with van der Waals surface area (Å²) >= 11 is 11.9. The topological polar surface area (TPSA) is 30.2 Å². The summed E-state index contributed by atoms with van der Waals surface area (Å²) in [6.07, 6.45) is 2.48. The van der Waals surface area contributed by atoms with Gasteiger partial charge in [-0.1, -0.05) is 35.3 Å². The average molecular weight is 278 g/mol. The molecule has 3 rings (SSSR count). The first kappa shape index (κ1) is 11.5. The van der Waals surface area contributed by atoms with Crippen molar-refractivity contribution in [1.29, 1.82) is 0 Å². The molecular weight excluding hydrogens is 269 g/mol. The molecule has 0 atom stereocenters. The molecule has 0 saturated carbocycles. The SMILES string of the molecule is Clc1cccc(Cc2nnc3ccc(Cl)cn23)c1. The van der Waals surface area contributed by atoms with Crippen LogP contribution < -0.4 is 0 Å². The molecule has 0 saturated heterocycles. The summed E-state index contributed by atoms with van der Waals surface area (Å²) in [4.78, 5) is 0. The number of hydrogen-bond acceptors (Lipinski definition) is 2. The van der Waals surface area contributed by atoms with Gasteiger partial charge in [-0.25, -0.2) is 0 Å². The van der Waals surface area contributed by atoms with Gasteiger partial charge in [0.1, 0.15) is 5.82 Å². The van der Waals surface area contributed by atoms with E-state index < -0.39 is 0 Å². The third-order valence-corrected chi connectivity index (χ3v) is 3.15. The number of pyridine rings is 1. The van der Waals surface area contributed by atoms with Crippen molar-refractivity contribution in [3.8, 4) is 0 Å². The van der Waals surface area contributed by atoms with Crippen LogP contribution in [0.2, 0.25) is 10.0 Å². The van der Waals surface area contributed by atoms with Crippen molar-refractivity contribution in [1.82, 2.24) is 14.6 Å². The second-order valence-electron chi connectivity index (χ2n) is 4.00. The number of hydrogen-bond donors (Lipinski definition) is 0. The molecule has 3 nitrogen and oxygen atoms in total. The lowest BCUT2D eigenvalue weighted by molar-refractivity contribution is 0.934. The van der Waals surface area contributed by atoms with Gasteiger partial charge in [0.15, 0.2) is 5.65 Å². The molecule has 0 aliphatic heterocycles. The van der Waals surface area contributed by atoms with Gasteiger partial charge in [-0.2, -0.15) is 0 Å². The molecule has 18 heavy (non-hydrogen) atoms. The van der Waals surface area contributed by atoms with E-state index in [0.717, 1.165) is 22.1 Å². The minimum Gasteiger partial charge on any atom is -0.285 e. The zero-order chi connectivity index (χ0) is 12.5. The van der Waals surface area contributed by atoms with Crippen LogP contribution in [-0.4, -0.2) is 14.6 Å². The maximum Gasteiger partial charge on any atom is 0.160 e. The van der Waals surface area contributed by atoms with Gasteiger partial charge in [-0.15, -0.1) is 10.2 Å². The lowest BCUT2D eigenvalue weighted by atomic mass is 10.1. The third kappa shape index (κ3) is 2.19. The van der Waals surface area contributed by atoms with Crippen molar-refractivity contribution in [3.05, 3.63) is 64.0 Å². The van der Waals surface area contributed by atoms with E-state index in [2.05, 4.69) is 10.2 Å². The number of aromatic nitrogens is 3. The summed E-state index contributed by atoms with van der Waals surface area (Å²) in [6, 6.07) is 11.4. The van der Waals surface area contributed by atoms with E-state index >= 15 is 0 Å². The zero-order valence-electron chi connectivity index (χ0n) is 9.35. The average Bonchev–Trinajstić information content (AvgIpc) is 2.72. The van der Waals surface area contributed by atoms with Crippen LogP contribution in [0.1, 0.15) is 11.4 Å². The molecule has 0 spiro atoms. The quantitative estimate of drug-likeness (QED) is 0.716. The first-order chi connectivity index (χ1) is 8.72. The summed E-state index contributed by atoms with van der Waals surface area (Å²) in [7, 11) is 0. The van der Waals surface area contributed by atoms with E-state index in [1.54, 1.807) is 6.07 Å². The van der Waals surface area contributed by atoms with E-state index in [-0.39, 0.29) is 0 Å². The normalized spacial score (nSPS) is 11.0. The summed E-state index contributed by atoms with van der Waals surface area (Å²) in [5, 5.41) is 9.66. The van der Waals surface area contributed by atoms with Crippen molar-refractivity contribution in [2.45, 2.75) is 6.42 Å². The van der Waals surface area contributed by atoms with Crippen LogP contribution in [0.3, 0.4) is 0 Å². The summed E-state index contributed by atoms with van der Waals surface area (Å²) in [5.41, 5.74) is 1.88. The highest BCUT2D eigenvalue weighted by Gasteiger charge is 2.06. The number of benzene rings is 1. The highest BCUT2D eigenvalue weighted by Crippen LogP contribution is 2.16. The molecule has 0 aliphatic rings. The van der Waals surface area contributed by atoms with Crippen molar-refractivity contribution >= 4 is 28.8 Å². The molecule has 90 valence electrons. The van der Waals surface area contributed by atoms with Crippen molar-refractivity contribution < 1.29 is 0 Å². The largest absolute Gasteiger partial charge is 0.285 e. The maximum atomic E-state index is 5.98. The molecular formula is C13H9Cl2N3. The Morgan fingerprint density at radius 3 is 2.72 bits per heavy atom. The molecule has 2 heterocycles. The molecule has 3 aromatic rings. The second kappa shape index (κ2) is 4.59. The molecule has 0 radical (unpaired) electrons. The van der Waals surface area contributed by atoms with Gasteiger partial charge in [0.2, 0.25) is 0 Å². The second-order valence-corrected chi connectivity index (χ2v) is 4.87. The van der Waals surface area contributed by atoms with E-state index in [9.17, 15) is 0 Å². The van der Waals surface area contributed by atoms with E-state index in [4.69, 9.17) is 23.2 Å². The first-order valence-electron chi connectivity index (χ1n) is 5.46. The first-order valence-corrected chi connectivity index (χ1v) is 6.21. The Morgan fingerprint density at radius 1 is 1.00 bits per heavy atom.